The van der Waals surface area contributed by atoms with E-state index in [0.29, 0.717) is 24.4 Å². The van der Waals surface area contributed by atoms with E-state index >= 15 is 0 Å². The summed E-state index contributed by atoms with van der Waals surface area (Å²) in [6.07, 6.45) is 1.34. The molecule has 0 aromatic heterocycles. The Kier molecular flexibility index (Phi) is 6.43. The van der Waals surface area contributed by atoms with E-state index in [1.807, 2.05) is 25.7 Å². The molecule has 0 radical (unpaired) electrons. The monoisotopic (exact) mass is 231 g/mol. The molecule has 1 unspecified atom stereocenters. The summed E-state index contributed by atoms with van der Waals surface area (Å²) in [5.41, 5.74) is 10.8. The van der Waals surface area contributed by atoms with Crippen molar-refractivity contribution < 1.29 is 4.79 Å². The maximum Gasteiger partial charge on any atom is 0.234 e. The van der Waals surface area contributed by atoms with E-state index in [1.165, 1.54) is 0 Å². The van der Waals surface area contributed by atoms with Crippen molar-refractivity contribution in [3.63, 3.8) is 0 Å². The van der Waals surface area contributed by atoms with Crippen molar-refractivity contribution in [3.8, 4) is 0 Å². The third kappa shape index (κ3) is 5.09. The first kappa shape index (κ1) is 14.3. The molecule has 4 nitrogen and oxygen atoms in total. The average molecular weight is 231 g/mol. The number of thiocarbonyl (C=S) groups is 1. The molecule has 0 aliphatic carbocycles. The molecule has 0 aliphatic heterocycles. The van der Waals surface area contributed by atoms with E-state index in [2.05, 4.69) is 0 Å². The smallest absolute Gasteiger partial charge is 0.234 e. The molecule has 0 fully saturated rings. The second kappa shape index (κ2) is 6.74. The van der Waals surface area contributed by atoms with Gasteiger partial charge in [-0.15, -0.1) is 0 Å². The first-order valence-electron chi connectivity index (χ1n) is 5.23. The van der Waals surface area contributed by atoms with Crippen molar-refractivity contribution in [2.45, 2.75) is 45.7 Å². The average Bonchev–Trinajstić information content (AvgIpc) is 2.10. The van der Waals surface area contributed by atoms with Crippen LogP contribution < -0.4 is 11.5 Å². The topological polar surface area (TPSA) is 72.4 Å². The van der Waals surface area contributed by atoms with Crippen LogP contribution in [0.5, 0.6) is 0 Å². The fourth-order valence-electron chi connectivity index (χ4n) is 1.61. The molecule has 0 aromatic carbocycles. The normalized spacial score (nSPS) is 13.1. The minimum Gasteiger partial charge on any atom is -0.393 e. The van der Waals surface area contributed by atoms with Crippen molar-refractivity contribution >= 4 is 23.1 Å². The van der Waals surface area contributed by atoms with Crippen LogP contribution in [-0.4, -0.2) is 34.4 Å². The molecule has 88 valence electrons. The highest BCUT2D eigenvalue weighted by Gasteiger charge is 2.23. The fraction of sp³-hybridized carbons (Fsp3) is 0.800. The Morgan fingerprint density at radius 2 is 1.93 bits per heavy atom. The van der Waals surface area contributed by atoms with E-state index in [4.69, 9.17) is 23.7 Å². The van der Waals surface area contributed by atoms with Crippen LogP contribution in [0.4, 0.5) is 0 Å². The Hall–Kier alpha value is -0.680. The highest BCUT2D eigenvalue weighted by atomic mass is 32.1. The van der Waals surface area contributed by atoms with E-state index in [1.54, 1.807) is 0 Å². The second-order valence-corrected chi connectivity index (χ2v) is 4.40. The second-order valence-electron chi connectivity index (χ2n) is 3.87. The summed E-state index contributed by atoms with van der Waals surface area (Å²) in [5.74, 6) is -0.283. The zero-order valence-corrected chi connectivity index (χ0v) is 10.5. The predicted octanol–water partition coefficient (Wildman–Crippen LogP) is 0.637. The SMILES string of the molecule is CCC(C(N)=O)N(CCC(N)=S)C(C)C. The third-order valence-corrected chi connectivity index (χ3v) is 2.60. The third-order valence-electron chi connectivity index (χ3n) is 2.40. The molecule has 1 atom stereocenters. The van der Waals surface area contributed by atoms with Crippen LogP contribution in [0.25, 0.3) is 0 Å². The Bertz CT molecular complexity index is 231. The van der Waals surface area contributed by atoms with Gasteiger partial charge in [0.1, 0.15) is 0 Å². The molecule has 0 saturated carbocycles. The molecule has 0 aliphatic rings. The molecule has 0 heterocycles. The van der Waals surface area contributed by atoms with Crippen LogP contribution in [0.1, 0.15) is 33.6 Å². The zero-order valence-electron chi connectivity index (χ0n) is 9.69. The summed E-state index contributed by atoms with van der Waals surface area (Å²) >= 11 is 4.82. The van der Waals surface area contributed by atoms with Gasteiger partial charge in [0.2, 0.25) is 5.91 Å². The van der Waals surface area contributed by atoms with Crippen molar-refractivity contribution in [2.24, 2.45) is 11.5 Å². The maximum absolute atomic E-state index is 11.2. The zero-order chi connectivity index (χ0) is 12.0. The Morgan fingerprint density at radius 3 is 2.20 bits per heavy atom. The summed E-state index contributed by atoms with van der Waals surface area (Å²) in [6.45, 7) is 6.70. The van der Waals surface area contributed by atoms with Crippen LogP contribution in [0.3, 0.4) is 0 Å². The van der Waals surface area contributed by atoms with Gasteiger partial charge in [-0.2, -0.15) is 0 Å². The lowest BCUT2D eigenvalue weighted by Gasteiger charge is -2.32. The van der Waals surface area contributed by atoms with Crippen molar-refractivity contribution in [2.75, 3.05) is 6.54 Å². The molecule has 0 saturated heterocycles. The minimum atomic E-state index is -0.283. The van der Waals surface area contributed by atoms with Crippen molar-refractivity contribution in [1.82, 2.24) is 4.90 Å². The van der Waals surface area contributed by atoms with Gasteiger partial charge in [-0.3, -0.25) is 9.69 Å². The van der Waals surface area contributed by atoms with Gasteiger partial charge < -0.3 is 11.5 Å². The number of nitrogens with two attached hydrogens (primary N) is 2. The number of hydrogen-bond donors (Lipinski definition) is 2. The standard InChI is InChI=1S/C10H21N3OS/c1-4-8(10(12)14)13(7(2)3)6-5-9(11)15/h7-8H,4-6H2,1-3H3,(H2,11,15)(H2,12,14). The van der Waals surface area contributed by atoms with Gasteiger partial charge >= 0.3 is 0 Å². The lowest BCUT2D eigenvalue weighted by Crippen LogP contribution is -2.48. The van der Waals surface area contributed by atoms with E-state index in [0.717, 1.165) is 0 Å². The van der Waals surface area contributed by atoms with Gasteiger partial charge in [0.05, 0.1) is 11.0 Å². The first-order chi connectivity index (χ1) is 6.90. The Labute approximate surface area is 97.0 Å². The molecule has 15 heavy (non-hydrogen) atoms. The van der Waals surface area contributed by atoms with Crippen LogP contribution in [0, 0.1) is 0 Å². The number of primary amides is 1. The van der Waals surface area contributed by atoms with Gasteiger partial charge in [0.25, 0.3) is 0 Å². The largest absolute Gasteiger partial charge is 0.393 e. The van der Waals surface area contributed by atoms with Gasteiger partial charge in [0, 0.05) is 19.0 Å². The summed E-state index contributed by atoms with van der Waals surface area (Å²) in [6, 6.07) is 0.0381. The van der Waals surface area contributed by atoms with Crippen molar-refractivity contribution in [3.05, 3.63) is 0 Å². The summed E-state index contributed by atoms with van der Waals surface area (Å²) in [7, 11) is 0. The van der Waals surface area contributed by atoms with Gasteiger partial charge in [-0.25, -0.2) is 0 Å². The minimum absolute atomic E-state index is 0.223. The number of carbonyl (C=O) groups excluding carboxylic acids is 1. The maximum atomic E-state index is 11.2. The van der Waals surface area contributed by atoms with Gasteiger partial charge in [-0.05, 0) is 20.3 Å². The lowest BCUT2D eigenvalue weighted by molar-refractivity contribution is -0.124. The Morgan fingerprint density at radius 1 is 1.40 bits per heavy atom. The van der Waals surface area contributed by atoms with E-state index in [-0.39, 0.29) is 18.0 Å². The van der Waals surface area contributed by atoms with Crippen LogP contribution in [0.2, 0.25) is 0 Å². The molecule has 0 rings (SSSR count). The fourth-order valence-corrected chi connectivity index (χ4v) is 1.70. The van der Waals surface area contributed by atoms with E-state index in [9.17, 15) is 4.79 Å². The molecule has 0 bridgehead atoms. The van der Waals surface area contributed by atoms with Crippen LogP contribution in [0.15, 0.2) is 0 Å². The molecule has 0 spiro atoms. The molecule has 1 amide bonds. The summed E-state index contributed by atoms with van der Waals surface area (Å²) < 4.78 is 0. The van der Waals surface area contributed by atoms with Crippen LogP contribution in [-0.2, 0) is 4.79 Å². The quantitative estimate of drug-likeness (QED) is 0.631. The van der Waals surface area contributed by atoms with E-state index < -0.39 is 0 Å². The number of hydrogen-bond acceptors (Lipinski definition) is 3. The predicted molar refractivity (Wildman–Crippen MR) is 66.5 cm³/mol. The van der Waals surface area contributed by atoms with Crippen LogP contribution >= 0.6 is 12.2 Å². The summed E-state index contributed by atoms with van der Waals surface area (Å²) in [5, 5.41) is 0. The molecular weight excluding hydrogens is 210 g/mol. The molecule has 0 aromatic rings. The number of rotatable bonds is 7. The highest BCUT2D eigenvalue weighted by molar-refractivity contribution is 7.80. The van der Waals surface area contributed by atoms with Gasteiger partial charge in [0.15, 0.2) is 0 Å². The number of amides is 1. The highest BCUT2D eigenvalue weighted by Crippen LogP contribution is 2.09. The first-order valence-corrected chi connectivity index (χ1v) is 5.64. The summed E-state index contributed by atoms with van der Waals surface area (Å²) in [4.78, 5) is 13.8. The number of nitrogens with zero attached hydrogens (tertiary/aromatic N) is 1. The lowest BCUT2D eigenvalue weighted by atomic mass is 10.1. The molecule has 4 N–H and O–H groups in total. The van der Waals surface area contributed by atoms with Gasteiger partial charge in [-0.1, -0.05) is 19.1 Å². The number of carbonyl (C=O) groups is 1. The molecular formula is C10H21N3OS. The molecule has 5 heteroatoms. The Balaban J connectivity index is 4.48. The van der Waals surface area contributed by atoms with Crippen molar-refractivity contribution in [1.29, 1.82) is 0 Å².